The summed E-state index contributed by atoms with van der Waals surface area (Å²) < 4.78 is 6.02. The van der Waals surface area contributed by atoms with Crippen LogP contribution in [-0.2, 0) is 4.79 Å². The molecule has 138 valence electrons. The standard InChI is InChI=1S/C18H26N4O2.ClH/c23-18(17-15-12-19-9-6-16(15)20-21-17)22-10-7-14(8-11-22)24-13-4-2-1-3-5-13;/h1-5,14-17,19-21H,6-12H2;1H. The van der Waals surface area contributed by atoms with Crippen molar-refractivity contribution in [2.75, 3.05) is 26.2 Å². The van der Waals surface area contributed by atoms with Crippen molar-refractivity contribution in [3.63, 3.8) is 0 Å². The lowest BCUT2D eigenvalue weighted by Crippen LogP contribution is -2.53. The first-order chi connectivity index (χ1) is 11.8. The van der Waals surface area contributed by atoms with Crippen LogP contribution in [0.5, 0.6) is 5.75 Å². The van der Waals surface area contributed by atoms with Crippen molar-refractivity contribution < 1.29 is 9.53 Å². The van der Waals surface area contributed by atoms with E-state index >= 15 is 0 Å². The van der Waals surface area contributed by atoms with Gasteiger partial charge in [-0.3, -0.25) is 10.2 Å². The molecule has 6 nitrogen and oxygen atoms in total. The van der Waals surface area contributed by atoms with E-state index in [4.69, 9.17) is 4.74 Å². The van der Waals surface area contributed by atoms with E-state index in [1.165, 1.54) is 0 Å². The number of amides is 1. The average molecular weight is 367 g/mol. The van der Waals surface area contributed by atoms with Gasteiger partial charge in [-0.1, -0.05) is 18.2 Å². The normalized spacial score (nSPS) is 29.6. The van der Waals surface area contributed by atoms with Crippen molar-refractivity contribution in [1.29, 1.82) is 0 Å². The molecule has 0 bridgehead atoms. The summed E-state index contributed by atoms with van der Waals surface area (Å²) in [6.07, 6.45) is 3.07. The van der Waals surface area contributed by atoms with E-state index in [2.05, 4.69) is 16.2 Å². The van der Waals surface area contributed by atoms with Gasteiger partial charge in [0, 0.05) is 44.4 Å². The zero-order valence-corrected chi connectivity index (χ0v) is 15.1. The summed E-state index contributed by atoms with van der Waals surface area (Å²) in [6, 6.07) is 10.3. The molecule has 1 aromatic carbocycles. The lowest BCUT2D eigenvalue weighted by atomic mass is 9.88. The monoisotopic (exact) mass is 366 g/mol. The molecule has 0 spiro atoms. The Hall–Kier alpha value is -1.34. The van der Waals surface area contributed by atoms with Crippen molar-refractivity contribution in [2.45, 2.75) is 37.5 Å². The lowest BCUT2D eigenvalue weighted by Gasteiger charge is -2.35. The maximum absolute atomic E-state index is 12.9. The number of hydrogen-bond acceptors (Lipinski definition) is 5. The summed E-state index contributed by atoms with van der Waals surface area (Å²) in [5, 5.41) is 3.41. The number of hydrazine groups is 1. The molecule has 0 saturated carbocycles. The third-order valence-corrected chi connectivity index (χ3v) is 5.45. The highest BCUT2D eigenvalue weighted by atomic mass is 35.5. The number of hydrogen-bond donors (Lipinski definition) is 3. The molecule has 7 heteroatoms. The molecule has 0 aromatic heterocycles. The zero-order valence-electron chi connectivity index (χ0n) is 14.3. The fourth-order valence-electron chi connectivity index (χ4n) is 4.04. The Morgan fingerprint density at radius 1 is 1.08 bits per heavy atom. The molecule has 3 heterocycles. The molecule has 3 aliphatic rings. The Balaban J connectivity index is 0.00000182. The SMILES string of the molecule is Cl.O=C(C1NNC2CCNCC21)N1CCC(Oc2ccccc2)CC1. The van der Waals surface area contributed by atoms with Crippen LogP contribution in [-0.4, -0.2) is 55.2 Å². The lowest BCUT2D eigenvalue weighted by molar-refractivity contribution is -0.136. The molecular weight excluding hydrogens is 340 g/mol. The highest BCUT2D eigenvalue weighted by molar-refractivity contribution is 5.85. The molecule has 3 unspecified atom stereocenters. The molecule has 4 rings (SSSR count). The van der Waals surface area contributed by atoms with Crippen LogP contribution in [0.1, 0.15) is 19.3 Å². The Labute approximate surface area is 155 Å². The second kappa shape index (κ2) is 8.36. The van der Waals surface area contributed by atoms with Gasteiger partial charge in [-0.2, -0.15) is 0 Å². The number of fused-ring (bicyclic) bond motifs is 1. The smallest absolute Gasteiger partial charge is 0.241 e. The molecule has 25 heavy (non-hydrogen) atoms. The molecule has 1 aromatic rings. The molecule has 0 aliphatic carbocycles. The van der Waals surface area contributed by atoms with Gasteiger partial charge >= 0.3 is 0 Å². The largest absolute Gasteiger partial charge is 0.490 e. The molecular formula is C18H27ClN4O2. The topological polar surface area (TPSA) is 65.6 Å². The molecule has 1 amide bonds. The molecule has 0 radical (unpaired) electrons. The Morgan fingerprint density at radius 3 is 2.60 bits per heavy atom. The first-order valence-corrected chi connectivity index (χ1v) is 9.03. The van der Waals surface area contributed by atoms with Crippen LogP contribution in [0.4, 0.5) is 0 Å². The first-order valence-electron chi connectivity index (χ1n) is 9.03. The second-order valence-corrected chi connectivity index (χ2v) is 6.99. The number of nitrogens with one attached hydrogen (secondary N) is 3. The van der Waals surface area contributed by atoms with Crippen molar-refractivity contribution in [3.05, 3.63) is 30.3 Å². The number of carbonyl (C=O) groups excluding carboxylic acids is 1. The van der Waals surface area contributed by atoms with Crippen molar-refractivity contribution >= 4 is 18.3 Å². The number of piperidine rings is 2. The number of ether oxygens (including phenoxy) is 1. The van der Waals surface area contributed by atoms with Gasteiger partial charge < -0.3 is 15.0 Å². The molecule has 3 atom stereocenters. The van der Waals surface area contributed by atoms with Crippen molar-refractivity contribution in [3.8, 4) is 5.75 Å². The van der Waals surface area contributed by atoms with Crippen molar-refractivity contribution in [2.24, 2.45) is 5.92 Å². The zero-order chi connectivity index (χ0) is 16.4. The number of likely N-dealkylation sites (tertiary alicyclic amines) is 1. The van der Waals surface area contributed by atoms with Gasteiger partial charge in [0.15, 0.2) is 0 Å². The van der Waals surface area contributed by atoms with Crippen LogP contribution >= 0.6 is 12.4 Å². The van der Waals surface area contributed by atoms with Gasteiger partial charge in [0.05, 0.1) is 0 Å². The maximum atomic E-state index is 12.9. The Morgan fingerprint density at radius 2 is 1.84 bits per heavy atom. The predicted octanol–water partition coefficient (Wildman–Crippen LogP) is 0.933. The fraction of sp³-hybridized carbons (Fsp3) is 0.611. The quantitative estimate of drug-likeness (QED) is 0.742. The van der Waals surface area contributed by atoms with E-state index in [1.54, 1.807) is 0 Å². The van der Waals surface area contributed by atoms with Crippen LogP contribution in [0.25, 0.3) is 0 Å². The number of rotatable bonds is 3. The number of halogens is 1. The molecule has 3 fully saturated rings. The average Bonchev–Trinajstić information content (AvgIpc) is 3.07. The third kappa shape index (κ3) is 4.08. The molecule has 3 N–H and O–H groups in total. The summed E-state index contributed by atoms with van der Waals surface area (Å²) in [7, 11) is 0. The van der Waals surface area contributed by atoms with Gasteiger partial charge in [0.25, 0.3) is 0 Å². The summed E-state index contributed by atoms with van der Waals surface area (Å²) in [5.74, 6) is 1.50. The third-order valence-electron chi connectivity index (χ3n) is 5.45. The first kappa shape index (κ1) is 18.5. The summed E-state index contributed by atoms with van der Waals surface area (Å²) >= 11 is 0. The van der Waals surface area contributed by atoms with Crippen LogP contribution < -0.4 is 20.9 Å². The second-order valence-electron chi connectivity index (χ2n) is 6.99. The molecule has 3 aliphatic heterocycles. The van der Waals surface area contributed by atoms with Gasteiger partial charge in [-0.05, 0) is 25.1 Å². The highest BCUT2D eigenvalue weighted by Gasteiger charge is 2.43. The predicted molar refractivity (Wildman–Crippen MR) is 98.7 cm³/mol. The van der Waals surface area contributed by atoms with E-state index in [-0.39, 0.29) is 30.5 Å². The van der Waals surface area contributed by atoms with E-state index in [9.17, 15) is 4.79 Å². The number of nitrogens with zero attached hydrogens (tertiary/aromatic N) is 1. The van der Waals surface area contributed by atoms with E-state index < -0.39 is 0 Å². The minimum Gasteiger partial charge on any atom is -0.490 e. The van der Waals surface area contributed by atoms with E-state index in [0.717, 1.165) is 51.2 Å². The van der Waals surface area contributed by atoms with Gasteiger partial charge in [0.2, 0.25) is 5.91 Å². The Kier molecular flexibility index (Phi) is 6.17. The van der Waals surface area contributed by atoms with Crippen molar-refractivity contribution in [1.82, 2.24) is 21.1 Å². The Bertz CT molecular complexity index is 565. The minimum atomic E-state index is -0.102. The minimum absolute atomic E-state index is 0. The van der Waals surface area contributed by atoms with Gasteiger partial charge in [-0.15, -0.1) is 12.4 Å². The van der Waals surface area contributed by atoms with Crippen LogP contribution in [0, 0.1) is 5.92 Å². The van der Waals surface area contributed by atoms with E-state index in [1.807, 2.05) is 35.2 Å². The van der Waals surface area contributed by atoms with Gasteiger partial charge in [0.1, 0.15) is 17.9 Å². The summed E-state index contributed by atoms with van der Waals surface area (Å²) in [5.41, 5.74) is 6.54. The van der Waals surface area contributed by atoms with Crippen LogP contribution in [0.3, 0.4) is 0 Å². The van der Waals surface area contributed by atoms with Crippen LogP contribution in [0.15, 0.2) is 30.3 Å². The molecule has 3 saturated heterocycles. The number of benzene rings is 1. The maximum Gasteiger partial charge on any atom is 0.241 e. The van der Waals surface area contributed by atoms with E-state index in [0.29, 0.717) is 12.0 Å². The van der Waals surface area contributed by atoms with Crippen LogP contribution in [0.2, 0.25) is 0 Å². The number of carbonyl (C=O) groups is 1. The highest BCUT2D eigenvalue weighted by Crippen LogP contribution is 2.24. The van der Waals surface area contributed by atoms with Gasteiger partial charge in [-0.25, -0.2) is 5.43 Å². The number of para-hydroxylation sites is 1. The summed E-state index contributed by atoms with van der Waals surface area (Å²) in [6.45, 7) is 3.49. The summed E-state index contributed by atoms with van der Waals surface area (Å²) in [4.78, 5) is 14.9. The fourth-order valence-corrected chi connectivity index (χ4v) is 4.04.